The quantitative estimate of drug-likeness (QED) is 0.706. The zero-order valence-corrected chi connectivity index (χ0v) is 16.6. The summed E-state index contributed by atoms with van der Waals surface area (Å²) in [6, 6.07) is 8.24. The lowest BCUT2D eigenvalue weighted by molar-refractivity contribution is -0.108. The Balaban J connectivity index is 1.59. The molecule has 0 radical (unpaired) electrons. The van der Waals surface area contributed by atoms with Crippen LogP contribution in [-0.2, 0) is 4.79 Å². The van der Waals surface area contributed by atoms with E-state index in [2.05, 4.69) is 9.88 Å². The fraction of sp³-hybridized carbons (Fsp3) is 0.500. The standard InChI is InChI=1S/C22H26N2O2S/c1-15(13-25)17-9-3-4-10-18(17)21-23-19(14-27-21)22(26)24-12-6-8-16-7-2-5-11-20(16)24/h3-4,9-10,13-16,20H,2,5-8,11-12H2,1H3. The second-order valence-electron chi connectivity index (χ2n) is 7.80. The van der Waals surface area contributed by atoms with Crippen LogP contribution in [-0.4, -0.2) is 34.7 Å². The van der Waals surface area contributed by atoms with E-state index in [-0.39, 0.29) is 11.8 Å². The van der Waals surface area contributed by atoms with E-state index in [1.54, 1.807) is 0 Å². The number of carbonyl (C=O) groups excluding carboxylic acids is 2. The van der Waals surface area contributed by atoms with Gasteiger partial charge >= 0.3 is 0 Å². The number of thiazole rings is 1. The summed E-state index contributed by atoms with van der Waals surface area (Å²) in [5.74, 6) is 0.563. The molecule has 3 atom stereocenters. The van der Waals surface area contributed by atoms with Crippen molar-refractivity contribution in [2.24, 2.45) is 5.92 Å². The van der Waals surface area contributed by atoms with E-state index in [1.165, 1.54) is 37.0 Å². The first kappa shape index (κ1) is 18.4. The Morgan fingerprint density at radius 3 is 2.85 bits per heavy atom. The Labute approximate surface area is 164 Å². The van der Waals surface area contributed by atoms with Crippen LogP contribution in [0.4, 0.5) is 0 Å². The molecule has 4 rings (SSSR count). The predicted octanol–water partition coefficient (Wildman–Crippen LogP) is 4.91. The van der Waals surface area contributed by atoms with Gasteiger partial charge in [-0.15, -0.1) is 11.3 Å². The van der Waals surface area contributed by atoms with Gasteiger partial charge < -0.3 is 9.69 Å². The third-order valence-corrected chi connectivity index (χ3v) is 6.99. The molecule has 5 heteroatoms. The minimum atomic E-state index is -0.186. The van der Waals surface area contributed by atoms with Crippen molar-refractivity contribution in [3.05, 3.63) is 40.9 Å². The first-order valence-electron chi connectivity index (χ1n) is 10.00. The molecule has 2 heterocycles. The SMILES string of the molecule is CC(C=O)c1ccccc1-c1nc(C(=O)N2CCCC3CCCCC32)cs1. The topological polar surface area (TPSA) is 50.3 Å². The van der Waals surface area contributed by atoms with E-state index in [9.17, 15) is 9.59 Å². The normalized spacial score (nSPS) is 23.5. The van der Waals surface area contributed by atoms with Gasteiger partial charge in [-0.2, -0.15) is 0 Å². The lowest BCUT2D eigenvalue weighted by Gasteiger charge is -2.43. The van der Waals surface area contributed by atoms with E-state index in [1.807, 2.05) is 36.6 Å². The number of amides is 1. The predicted molar refractivity (Wildman–Crippen MR) is 108 cm³/mol. The van der Waals surface area contributed by atoms with Crippen LogP contribution in [0.15, 0.2) is 29.6 Å². The minimum absolute atomic E-state index is 0.0787. The van der Waals surface area contributed by atoms with Crippen LogP contribution < -0.4 is 0 Å². The van der Waals surface area contributed by atoms with Gasteiger partial charge in [0.15, 0.2) is 0 Å². The summed E-state index contributed by atoms with van der Waals surface area (Å²) in [6.07, 6.45) is 8.23. The fourth-order valence-electron chi connectivity index (χ4n) is 4.68. The van der Waals surface area contributed by atoms with Gasteiger partial charge in [-0.3, -0.25) is 4.79 Å². The number of fused-ring (bicyclic) bond motifs is 1. The van der Waals surface area contributed by atoms with Crippen molar-refractivity contribution >= 4 is 23.5 Å². The average molecular weight is 383 g/mol. The van der Waals surface area contributed by atoms with Gasteiger partial charge in [-0.1, -0.05) is 44.0 Å². The molecule has 0 bridgehead atoms. The number of benzene rings is 1. The van der Waals surface area contributed by atoms with Crippen LogP contribution in [0.3, 0.4) is 0 Å². The zero-order chi connectivity index (χ0) is 18.8. The molecule has 0 N–H and O–H groups in total. The van der Waals surface area contributed by atoms with Crippen molar-refractivity contribution in [2.75, 3.05) is 6.54 Å². The number of aldehydes is 1. The van der Waals surface area contributed by atoms with E-state index in [4.69, 9.17) is 0 Å². The third-order valence-electron chi connectivity index (χ3n) is 6.11. The highest BCUT2D eigenvalue weighted by Crippen LogP contribution is 2.37. The number of rotatable bonds is 4. The van der Waals surface area contributed by atoms with E-state index < -0.39 is 0 Å². The van der Waals surface area contributed by atoms with Gasteiger partial charge in [0.2, 0.25) is 0 Å². The lowest BCUT2D eigenvalue weighted by atomic mass is 9.78. The number of nitrogens with zero attached hydrogens (tertiary/aromatic N) is 2. The van der Waals surface area contributed by atoms with E-state index in [0.29, 0.717) is 17.7 Å². The molecule has 1 saturated heterocycles. The third kappa shape index (κ3) is 3.57. The summed E-state index contributed by atoms with van der Waals surface area (Å²) in [4.78, 5) is 31.2. The molecule has 1 aliphatic heterocycles. The van der Waals surface area contributed by atoms with Crippen molar-refractivity contribution in [1.29, 1.82) is 0 Å². The van der Waals surface area contributed by atoms with Gasteiger partial charge in [0, 0.05) is 29.4 Å². The Hall–Kier alpha value is -2.01. The van der Waals surface area contributed by atoms with Crippen molar-refractivity contribution in [1.82, 2.24) is 9.88 Å². The zero-order valence-electron chi connectivity index (χ0n) is 15.8. The number of likely N-dealkylation sites (tertiary alicyclic amines) is 1. The molecule has 27 heavy (non-hydrogen) atoms. The molecule has 2 aromatic rings. The maximum absolute atomic E-state index is 13.2. The fourth-order valence-corrected chi connectivity index (χ4v) is 5.52. The monoisotopic (exact) mass is 382 g/mol. The molecule has 1 amide bonds. The van der Waals surface area contributed by atoms with Crippen molar-refractivity contribution in [2.45, 2.75) is 57.4 Å². The summed E-state index contributed by atoms with van der Waals surface area (Å²) in [6.45, 7) is 2.74. The summed E-state index contributed by atoms with van der Waals surface area (Å²) < 4.78 is 0. The molecule has 3 unspecified atom stereocenters. The van der Waals surface area contributed by atoms with Gasteiger partial charge in [-0.05, 0) is 37.2 Å². The average Bonchev–Trinajstić information content (AvgIpc) is 3.22. The molecule has 1 aromatic carbocycles. The largest absolute Gasteiger partial charge is 0.334 e. The van der Waals surface area contributed by atoms with E-state index >= 15 is 0 Å². The van der Waals surface area contributed by atoms with E-state index in [0.717, 1.165) is 41.8 Å². The van der Waals surface area contributed by atoms with Crippen LogP contribution in [0.25, 0.3) is 10.6 Å². The second-order valence-corrected chi connectivity index (χ2v) is 8.66. The molecule has 0 spiro atoms. The molecule has 1 aromatic heterocycles. The number of aromatic nitrogens is 1. The van der Waals surface area contributed by atoms with Gasteiger partial charge in [-0.25, -0.2) is 4.98 Å². The van der Waals surface area contributed by atoms with Crippen LogP contribution in [0.5, 0.6) is 0 Å². The molecule has 2 aliphatic rings. The Kier molecular flexibility index (Phi) is 5.39. The Morgan fingerprint density at radius 2 is 2.00 bits per heavy atom. The number of piperidine rings is 1. The smallest absolute Gasteiger partial charge is 0.273 e. The van der Waals surface area contributed by atoms with Crippen LogP contribution >= 0.6 is 11.3 Å². The molecule has 142 valence electrons. The van der Waals surface area contributed by atoms with Crippen LogP contribution in [0.2, 0.25) is 0 Å². The van der Waals surface area contributed by atoms with Crippen LogP contribution in [0.1, 0.15) is 67.4 Å². The van der Waals surface area contributed by atoms with Crippen LogP contribution in [0, 0.1) is 5.92 Å². The number of hydrogen-bond donors (Lipinski definition) is 0. The maximum Gasteiger partial charge on any atom is 0.273 e. The summed E-state index contributed by atoms with van der Waals surface area (Å²) in [5.41, 5.74) is 2.47. The minimum Gasteiger partial charge on any atom is -0.334 e. The van der Waals surface area contributed by atoms with Gasteiger partial charge in [0.05, 0.1) is 0 Å². The Morgan fingerprint density at radius 1 is 1.22 bits per heavy atom. The second kappa shape index (κ2) is 7.93. The number of hydrogen-bond acceptors (Lipinski definition) is 4. The first-order chi connectivity index (χ1) is 13.2. The molecule has 1 saturated carbocycles. The van der Waals surface area contributed by atoms with Crippen molar-refractivity contribution in [3.63, 3.8) is 0 Å². The molecular formula is C22H26N2O2S. The molecular weight excluding hydrogens is 356 g/mol. The lowest BCUT2D eigenvalue weighted by Crippen LogP contribution is -2.49. The first-order valence-corrected chi connectivity index (χ1v) is 10.9. The van der Waals surface area contributed by atoms with Crippen molar-refractivity contribution in [3.8, 4) is 10.6 Å². The summed E-state index contributed by atoms with van der Waals surface area (Å²) in [5, 5.41) is 2.70. The maximum atomic E-state index is 13.2. The van der Waals surface area contributed by atoms with Gasteiger partial charge in [0.25, 0.3) is 5.91 Å². The molecule has 2 fully saturated rings. The highest BCUT2D eigenvalue weighted by atomic mass is 32.1. The van der Waals surface area contributed by atoms with Gasteiger partial charge in [0.1, 0.15) is 17.0 Å². The molecule has 1 aliphatic carbocycles. The summed E-state index contributed by atoms with van der Waals surface area (Å²) in [7, 11) is 0. The highest BCUT2D eigenvalue weighted by molar-refractivity contribution is 7.13. The number of carbonyl (C=O) groups is 2. The highest BCUT2D eigenvalue weighted by Gasteiger charge is 2.36. The Bertz CT molecular complexity index is 829. The molecule has 4 nitrogen and oxygen atoms in total. The van der Waals surface area contributed by atoms with Crippen molar-refractivity contribution < 1.29 is 9.59 Å². The summed E-state index contributed by atoms with van der Waals surface area (Å²) >= 11 is 1.49.